The van der Waals surface area contributed by atoms with Crippen molar-refractivity contribution in [3.8, 4) is 0 Å². The lowest BCUT2D eigenvalue weighted by Crippen LogP contribution is -2.45. The van der Waals surface area contributed by atoms with Gasteiger partial charge in [-0.25, -0.2) is 4.79 Å². The number of amides is 1. The Bertz CT molecular complexity index is 653. The highest BCUT2D eigenvalue weighted by molar-refractivity contribution is 5.94. The van der Waals surface area contributed by atoms with Gasteiger partial charge in [0.2, 0.25) is 5.91 Å². The largest absolute Gasteiger partial charge is 0.478 e. The number of benzene rings is 1. The fraction of sp³-hybridized carbons (Fsp3) is 0.556. The van der Waals surface area contributed by atoms with E-state index in [0.29, 0.717) is 18.9 Å². The van der Waals surface area contributed by atoms with Gasteiger partial charge in [0, 0.05) is 18.8 Å². The van der Waals surface area contributed by atoms with Crippen molar-refractivity contribution in [1.29, 1.82) is 0 Å². The van der Waals surface area contributed by atoms with E-state index in [0.717, 1.165) is 32.6 Å². The molecule has 0 aliphatic carbocycles. The number of ether oxygens (including phenoxy) is 1. The molecule has 2 heterocycles. The molecule has 0 aromatic heterocycles. The number of aliphatic hydroxyl groups is 1. The molecule has 0 saturated carbocycles. The fourth-order valence-electron chi connectivity index (χ4n) is 3.49. The van der Waals surface area contributed by atoms with Gasteiger partial charge in [-0.05, 0) is 37.7 Å². The summed E-state index contributed by atoms with van der Waals surface area (Å²) in [6.45, 7) is 4.42. The van der Waals surface area contributed by atoms with Gasteiger partial charge in [0.25, 0.3) is 0 Å². The molecule has 2 aliphatic heterocycles. The predicted molar refractivity (Wildman–Crippen MR) is 95.3 cm³/mol. The highest BCUT2D eigenvalue weighted by atomic mass is 16.5. The van der Waals surface area contributed by atoms with Gasteiger partial charge >= 0.3 is 5.97 Å². The summed E-state index contributed by atoms with van der Waals surface area (Å²) < 4.78 is 5.34. The number of carboxylic acids is 1. The molecule has 2 aliphatic rings. The Kier molecular flexibility index (Phi) is 6.20. The average molecular weight is 363 g/mol. The van der Waals surface area contributed by atoms with Gasteiger partial charge in [0.15, 0.2) is 0 Å². The zero-order valence-corrected chi connectivity index (χ0v) is 14.6. The number of hydrogen-bond acceptors (Lipinski definition) is 6. The predicted octanol–water partition coefficient (Wildman–Crippen LogP) is 0.0907. The first kappa shape index (κ1) is 18.8. The van der Waals surface area contributed by atoms with E-state index in [1.807, 2.05) is 0 Å². The number of aliphatic hydroxyl groups excluding tert-OH is 1. The molecule has 2 atom stereocenters. The van der Waals surface area contributed by atoms with Crippen LogP contribution in [0.2, 0.25) is 0 Å². The summed E-state index contributed by atoms with van der Waals surface area (Å²) in [4.78, 5) is 27.6. The van der Waals surface area contributed by atoms with Crippen molar-refractivity contribution in [2.24, 2.45) is 0 Å². The van der Waals surface area contributed by atoms with E-state index >= 15 is 0 Å². The maximum absolute atomic E-state index is 12.3. The lowest BCUT2D eigenvalue weighted by molar-refractivity contribution is -0.117. The molecule has 8 nitrogen and oxygen atoms in total. The number of carboxylic acid groups (broad SMARTS) is 1. The molecular weight excluding hydrogens is 338 g/mol. The van der Waals surface area contributed by atoms with Crippen molar-refractivity contribution in [3.63, 3.8) is 0 Å². The second kappa shape index (κ2) is 8.59. The molecule has 2 saturated heterocycles. The lowest BCUT2D eigenvalue weighted by Gasteiger charge is -2.28. The molecule has 2 fully saturated rings. The molecule has 1 aromatic rings. The van der Waals surface area contributed by atoms with Crippen LogP contribution in [-0.2, 0) is 9.53 Å². The first-order valence-corrected chi connectivity index (χ1v) is 8.88. The van der Waals surface area contributed by atoms with Crippen molar-refractivity contribution < 1.29 is 24.5 Å². The zero-order chi connectivity index (χ0) is 18.5. The monoisotopic (exact) mass is 363 g/mol. The number of anilines is 1. The Morgan fingerprint density at radius 2 is 2.04 bits per heavy atom. The third-order valence-electron chi connectivity index (χ3n) is 4.87. The van der Waals surface area contributed by atoms with E-state index < -0.39 is 12.1 Å². The van der Waals surface area contributed by atoms with Crippen LogP contribution in [0.15, 0.2) is 24.3 Å². The molecular formula is C18H25N3O5. The number of carbonyl (C=O) groups excluding carboxylic acids is 1. The summed E-state index contributed by atoms with van der Waals surface area (Å²) in [6, 6.07) is 6.27. The van der Waals surface area contributed by atoms with Gasteiger partial charge in [0.05, 0.1) is 37.5 Å². The molecule has 142 valence electrons. The molecule has 0 spiro atoms. The quantitative estimate of drug-likeness (QED) is 0.681. The van der Waals surface area contributed by atoms with Crippen molar-refractivity contribution in [3.05, 3.63) is 29.8 Å². The third-order valence-corrected chi connectivity index (χ3v) is 4.87. The number of carbonyl (C=O) groups is 2. The van der Waals surface area contributed by atoms with Gasteiger partial charge < -0.3 is 20.3 Å². The second-order valence-electron chi connectivity index (χ2n) is 6.77. The Labute approximate surface area is 152 Å². The summed E-state index contributed by atoms with van der Waals surface area (Å²) in [5.74, 6) is -1.18. The molecule has 3 rings (SSSR count). The molecule has 8 heteroatoms. The minimum atomic E-state index is -1.02. The Hall–Kier alpha value is -2.00. The van der Waals surface area contributed by atoms with Gasteiger partial charge in [-0.15, -0.1) is 0 Å². The smallest absolute Gasteiger partial charge is 0.335 e. The summed E-state index contributed by atoms with van der Waals surface area (Å²) in [7, 11) is 0. The summed E-state index contributed by atoms with van der Waals surface area (Å²) >= 11 is 0. The minimum absolute atomic E-state index is 0.0440. The highest BCUT2D eigenvalue weighted by Crippen LogP contribution is 2.16. The number of rotatable bonds is 5. The van der Waals surface area contributed by atoms with Crippen LogP contribution in [0.25, 0.3) is 0 Å². The van der Waals surface area contributed by atoms with Crippen molar-refractivity contribution in [2.75, 3.05) is 51.3 Å². The van der Waals surface area contributed by atoms with Crippen molar-refractivity contribution >= 4 is 17.6 Å². The zero-order valence-electron chi connectivity index (χ0n) is 14.6. The standard InChI is InChI=1S/C18H25N3O5/c22-16-12-26-11-15(16)21-6-2-5-20(7-8-21)10-17(23)19-14-4-1-3-13(9-14)18(24)25/h1,3-4,9,15-16,22H,2,5-8,10-12H2,(H,19,23)(H,24,25)/t15-,16-/m1/s1. The molecule has 26 heavy (non-hydrogen) atoms. The number of hydrogen-bond donors (Lipinski definition) is 3. The van der Waals surface area contributed by atoms with E-state index in [1.54, 1.807) is 12.1 Å². The minimum Gasteiger partial charge on any atom is -0.478 e. The van der Waals surface area contributed by atoms with Crippen LogP contribution in [0.5, 0.6) is 0 Å². The fourth-order valence-corrected chi connectivity index (χ4v) is 3.49. The molecule has 0 radical (unpaired) electrons. The van der Waals surface area contributed by atoms with Crippen LogP contribution >= 0.6 is 0 Å². The first-order chi connectivity index (χ1) is 12.5. The van der Waals surface area contributed by atoms with E-state index in [1.165, 1.54) is 12.1 Å². The first-order valence-electron chi connectivity index (χ1n) is 8.88. The number of aromatic carboxylic acids is 1. The number of nitrogens with zero attached hydrogens (tertiary/aromatic N) is 2. The van der Waals surface area contributed by atoms with Crippen LogP contribution in [0.4, 0.5) is 5.69 Å². The Morgan fingerprint density at radius 1 is 1.19 bits per heavy atom. The maximum atomic E-state index is 12.3. The van der Waals surface area contributed by atoms with Crippen molar-refractivity contribution in [1.82, 2.24) is 9.80 Å². The van der Waals surface area contributed by atoms with E-state index in [2.05, 4.69) is 15.1 Å². The Morgan fingerprint density at radius 3 is 2.77 bits per heavy atom. The Balaban J connectivity index is 1.50. The van der Waals surface area contributed by atoms with Crippen LogP contribution in [0, 0.1) is 0 Å². The summed E-state index contributed by atoms with van der Waals surface area (Å²) in [6.07, 6.45) is 0.483. The van der Waals surface area contributed by atoms with Gasteiger partial charge in [-0.2, -0.15) is 0 Å². The van der Waals surface area contributed by atoms with E-state index in [4.69, 9.17) is 9.84 Å². The van der Waals surface area contributed by atoms with Crippen LogP contribution < -0.4 is 5.32 Å². The SMILES string of the molecule is O=C(CN1CCCN([C@@H]2COC[C@H]2O)CC1)Nc1cccc(C(=O)O)c1. The molecule has 1 amide bonds. The lowest BCUT2D eigenvalue weighted by atomic mass is 10.2. The third kappa shape index (κ3) is 4.79. The van der Waals surface area contributed by atoms with Gasteiger partial charge in [-0.3, -0.25) is 14.6 Å². The second-order valence-corrected chi connectivity index (χ2v) is 6.77. The van der Waals surface area contributed by atoms with Crippen LogP contribution in [-0.4, -0.2) is 90.0 Å². The molecule has 0 unspecified atom stereocenters. The molecule has 1 aromatic carbocycles. The van der Waals surface area contributed by atoms with E-state index in [9.17, 15) is 14.7 Å². The van der Waals surface area contributed by atoms with E-state index in [-0.39, 0.29) is 24.1 Å². The average Bonchev–Trinajstić information content (AvgIpc) is 2.90. The van der Waals surface area contributed by atoms with Gasteiger partial charge in [0.1, 0.15) is 0 Å². The molecule has 0 bridgehead atoms. The summed E-state index contributed by atoms with van der Waals surface area (Å²) in [5.41, 5.74) is 0.628. The van der Waals surface area contributed by atoms with Crippen LogP contribution in [0.1, 0.15) is 16.8 Å². The highest BCUT2D eigenvalue weighted by Gasteiger charge is 2.32. The van der Waals surface area contributed by atoms with Crippen LogP contribution in [0.3, 0.4) is 0 Å². The topological polar surface area (TPSA) is 102 Å². The molecule has 3 N–H and O–H groups in total. The van der Waals surface area contributed by atoms with Gasteiger partial charge in [-0.1, -0.05) is 6.07 Å². The number of nitrogens with one attached hydrogen (secondary N) is 1. The maximum Gasteiger partial charge on any atom is 0.335 e. The normalized spacial score (nSPS) is 25.0. The van der Waals surface area contributed by atoms with Crippen molar-refractivity contribution in [2.45, 2.75) is 18.6 Å². The summed E-state index contributed by atoms with van der Waals surface area (Å²) in [5, 5.41) is 21.8.